The third-order valence-electron chi connectivity index (χ3n) is 6.78. The highest BCUT2D eigenvalue weighted by Gasteiger charge is 2.40. The second kappa shape index (κ2) is 10.3. The molecule has 0 radical (unpaired) electrons. The number of hydrogen-bond acceptors (Lipinski definition) is 6. The first-order valence-corrected chi connectivity index (χ1v) is 12.9. The molecule has 1 aliphatic heterocycles. The maximum Gasteiger partial charge on any atom is 0.262 e. The Morgan fingerprint density at radius 3 is 2.25 bits per heavy atom. The Labute approximate surface area is 218 Å². The molecule has 186 valence electrons. The van der Waals surface area contributed by atoms with Crippen molar-refractivity contribution in [2.45, 2.75) is 44.4 Å². The van der Waals surface area contributed by atoms with Gasteiger partial charge in [0.05, 0.1) is 11.6 Å². The molecular formula is C28H27BrN2O5. The number of carbonyl (C=O) groups excluding carboxylic acids is 3. The van der Waals surface area contributed by atoms with Gasteiger partial charge in [0.15, 0.2) is 29.7 Å². The van der Waals surface area contributed by atoms with Crippen LogP contribution >= 0.6 is 15.9 Å². The van der Waals surface area contributed by atoms with Crippen molar-refractivity contribution in [3.8, 4) is 11.5 Å². The van der Waals surface area contributed by atoms with E-state index in [0.717, 1.165) is 42.6 Å². The van der Waals surface area contributed by atoms with Crippen LogP contribution in [0, 0.1) is 0 Å². The lowest BCUT2D eigenvalue weighted by Gasteiger charge is -2.37. The summed E-state index contributed by atoms with van der Waals surface area (Å²) >= 11 is 3.57. The molecule has 2 aromatic rings. The summed E-state index contributed by atoms with van der Waals surface area (Å²) in [5.74, 6) is 0.201. The van der Waals surface area contributed by atoms with Gasteiger partial charge in [0.25, 0.3) is 5.91 Å². The van der Waals surface area contributed by atoms with Gasteiger partial charge in [-0.15, -0.1) is 0 Å². The SMILES string of the molecule is COc1cc(C2C3=C(CCCC3=O)NC3=C2C(=O)CCC3)cc(Br)c1OCC(=O)Nc1ccccc1. The second-order valence-corrected chi connectivity index (χ2v) is 9.99. The standard InChI is InChI=1S/C28H27BrN2O5/c1-35-23-14-16(13-18(29)28(23)36-15-24(34)30-17-7-3-2-4-8-17)25-26-19(9-5-11-21(26)32)31-20-10-6-12-22(33)27(20)25/h2-4,7-8,13-14,25,31H,5-6,9-12,15H2,1H3,(H,30,34). The van der Waals surface area contributed by atoms with Crippen molar-refractivity contribution >= 4 is 39.1 Å². The van der Waals surface area contributed by atoms with Gasteiger partial charge in [-0.3, -0.25) is 14.4 Å². The monoisotopic (exact) mass is 550 g/mol. The predicted octanol–water partition coefficient (Wildman–Crippen LogP) is 5.18. The number of nitrogens with one attached hydrogen (secondary N) is 2. The summed E-state index contributed by atoms with van der Waals surface area (Å²) in [5, 5.41) is 6.22. The quantitative estimate of drug-likeness (QED) is 0.514. The van der Waals surface area contributed by atoms with E-state index in [1.54, 1.807) is 12.1 Å². The predicted molar refractivity (Wildman–Crippen MR) is 139 cm³/mol. The third kappa shape index (κ3) is 4.69. The molecule has 1 amide bonds. The zero-order chi connectivity index (χ0) is 25.2. The zero-order valence-corrected chi connectivity index (χ0v) is 21.6. The smallest absolute Gasteiger partial charge is 0.262 e. The van der Waals surface area contributed by atoms with Gasteiger partial charge < -0.3 is 20.1 Å². The van der Waals surface area contributed by atoms with Crippen LogP contribution < -0.4 is 20.1 Å². The molecule has 2 aliphatic carbocycles. The summed E-state index contributed by atoms with van der Waals surface area (Å²) in [5.41, 5.74) is 4.68. The van der Waals surface area contributed by atoms with Crippen molar-refractivity contribution in [3.05, 3.63) is 75.0 Å². The van der Waals surface area contributed by atoms with E-state index >= 15 is 0 Å². The van der Waals surface area contributed by atoms with E-state index in [4.69, 9.17) is 9.47 Å². The van der Waals surface area contributed by atoms with E-state index in [1.165, 1.54) is 7.11 Å². The number of dihydropyridines is 1. The normalized spacial score (nSPS) is 17.8. The highest BCUT2D eigenvalue weighted by atomic mass is 79.9. The third-order valence-corrected chi connectivity index (χ3v) is 7.37. The molecule has 1 heterocycles. The molecule has 0 aromatic heterocycles. The number of anilines is 1. The fourth-order valence-corrected chi connectivity index (χ4v) is 5.79. The number of methoxy groups -OCH3 is 1. The van der Waals surface area contributed by atoms with Crippen LogP contribution in [0.4, 0.5) is 5.69 Å². The number of allylic oxidation sites excluding steroid dienone is 4. The molecule has 0 saturated carbocycles. The Bertz CT molecular complexity index is 1260. The molecule has 7 nitrogen and oxygen atoms in total. The van der Waals surface area contributed by atoms with E-state index in [0.29, 0.717) is 45.6 Å². The second-order valence-electron chi connectivity index (χ2n) is 9.13. The van der Waals surface area contributed by atoms with Gasteiger partial charge in [0, 0.05) is 47.0 Å². The van der Waals surface area contributed by atoms with E-state index in [-0.39, 0.29) is 24.1 Å². The number of hydrogen-bond donors (Lipinski definition) is 2. The first kappa shape index (κ1) is 24.3. The first-order valence-electron chi connectivity index (χ1n) is 12.1. The Hall–Kier alpha value is -3.39. The van der Waals surface area contributed by atoms with Crippen LogP contribution in [0.3, 0.4) is 0 Å². The number of amides is 1. The highest BCUT2D eigenvalue weighted by Crippen LogP contribution is 2.48. The van der Waals surface area contributed by atoms with Crippen molar-refractivity contribution in [1.29, 1.82) is 0 Å². The molecule has 5 rings (SSSR count). The summed E-state index contributed by atoms with van der Waals surface area (Å²) in [7, 11) is 1.53. The number of benzene rings is 2. The molecule has 0 spiro atoms. The molecule has 36 heavy (non-hydrogen) atoms. The minimum absolute atomic E-state index is 0.0756. The summed E-state index contributed by atoms with van der Waals surface area (Å²) in [6.07, 6.45) is 4.14. The topological polar surface area (TPSA) is 93.7 Å². The Kier molecular flexibility index (Phi) is 6.96. The van der Waals surface area contributed by atoms with Crippen LogP contribution in [0.1, 0.15) is 50.0 Å². The Morgan fingerprint density at radius 2 is 1.64 bits per heavy atom. The number of halogens is 1. The van der Waals surface area contributed by atoms with E-state index < -0.39 is 5.92 Å². The van der Waals surface area contributed by atoms with Crippen molar-refractivity contribution in [2.24, 2.45) is 0 Å². The van der Waals surface area contributed by atoms with Crippen LogP contribution in [0.15, 0.2) is 69.5 Å². The first-order chi connectivity index (χ1) is 17.5. The van der Waals surface area contributed by atoms with Gasteiger partial charge in [-0.1, -0.05) is 18.2 Å². The van der Waals surface area contributed by atoms with Crippen LogP contribution in [-0.2, 0) is 14.4 Å². The van der Waals surface area contributed by atoms with E-state index in [9.17, 15) is 14.4 Å². The van der Waals surface area contributed by atoms with E-state index in [1.807, 2.05) is 30.3 Å². The maximum absolute atomic E-state index is 13.1. The van der Waals surface area contributed by atoms with E-state index in [2.05, 4.69) is 26.6 Å². The highest BCUT2D eigenvalue weighted by molar-refractivity contribution is 9.10. The molecule has 0 saturated heterocycles. The fourth-order valence-electron chi connectivity index (χ4n) is 5.22. The number of ketones is 2. The molecule has 0 bridgehead atoms. The zero-order valence-electron chi connectivity index (χ0n) is 20.0. The number of ether oxygens (including phenoxy) is 2. The number of rotatable bonds is 6. The average molecular weight is 551 g/mol. The summed E-state index contributed by atoms with van der Waals surface area (Å²) in [6, 6.07) is 12.8. The molecule has 0 atom stereocenters. The number of carbonyl (C=O) groups is 3. The molecule has 8 heteroatoms. The average Bonchev–Trinajstić information content (AvgIpc) is 2.87. The number of para-hydroxylation sites is 1. The van der Waals surface area contributed by atoms with Crippen LogP contribution in [0.25, 0.3) is 0 Å². The minimum Gasteiger partial charge on any atom is -0.493 e. The molecule has 2 N–H and O–H groups in total. The number of Topliss-reactive ketones (excluding diaryl/α,β-unsaturated/α-hetero) is 2. The van der Waals surface area contributed by atoms with Gasteiger partial charge >= 0.3 is 0 Å². The Morgan fingerprint density at radius 1 is 1.00 bits per heavy atom. The summed E-state index contributed by atoms with van der Waals surface area (Å²) in [4.78, 5) is 38.6. The van der Waals surface area contributed by atoms with Gasteiger partial charge in [0.1, 0.15) is 0 Å². The molecular weight excluding hydrogens is 524 g/mol. The molecule has 2 aromatic carbocycles. The van der Waals surface area contributed by atoms with Gasteiger partial charge in [-0.2, -0.15) is 0 Å². The van der Waals surface area contributed by atoms with Gasteiger partial charge in [-0.05, 0) is 71.4 Å². The van der Waals surface area contributed by atoms with Crippen molar-refractivity contribution in [2.75, 3.05) is 19.0 Å². The largest absolute Gasteiger partial charge is 0.493 e. The molecule has 0 unspecified atom stereocenters. The lowest BCUT2D eigenvalue weighted by atomic mass is 9.71. The Balaban J connectivity index is 1.47. The van der Waals surface area contributed by atoms with Crippen LogP contribution in [0.2, 0.25) is 0 Å². The van der Waals surface area contributed by atoms with Gasteiger partial charge in [0.2, 0.25) is 0 Å². The van der Waals surface area contributed by atoms with Crippen molar-refractivity contribution < 1.29 is 23.9 Å². The van der Waals surface area contributed by atoms with Crippen molar-refractivity contribution in [1.82, 2.24) is 5.32 Å². The minimum atomic E-state index is -0.447. The maximum atomic E-state index is 13.1. The van der Waals surface area contributed by atoms with Gasteiger partial charge in [-0.25, -0.2) is 0 Å². The van der Waals surface area contributed by atoms with Crippen molar-refractivity contribution in [3.63, 3.8) is 0 Å². The lowest BCUT2D eigenvalue weighted by molar-refractivity contribution is -0.118. The molecule has 3 aliphatic rings. The lowest BCUT2D eigenvalue weighted by Crippen LogP contribution is -2.36. The van der Waals surface area contributed by atoms with Crippen LogP contribution in [0.5, 0.6) is 11.5 Å². The summed E-state index contributed by atoms with van der Waals surface area (Å²) in [6.45, 7) is -0.210. The molecule has 0 fully saturated rings. The fraction of sp³-hybridized carbons (Fsp3) is 0.321. The summed E-state index contributed by atoms with van der Waals surface area (Å²) < 4.78 is 12.0. The van der Waals surface area contributed by atoms with Crippen LogP contribution in [-0.4, -0.2) is 31.2 Å².